The van der Waals surface area contributed by atoms with Crippen LogP contribution in [0.5, 0.6) is 5.75 Å². The van der Waals surface area contributed by atoms with E-state index in [1.54, 1.807) is 19.9 Å². The van der Waals surface area contributed by atoms with Crippen molar-refractivity contribution in [1.82, 2.24) is 4.90 Å². The Kier molecular flexibility index (Phi) is 5.32. The van der Waals surface area contributed by atoms with E-state index in [1.165, 1.54) is 6.07 Å². The summed E-state index contributed by atoms with van der Waals surface area (Å²) in [7, 11) is 0. The number of rotatable bonds is 4. The Morgan fingerprint density at radius 2 is 1.83 bits per heavy atom. The van der Waals surface area contributed by atoms with E-state index in [0.29, 0.717) is 25.0 Å². The van der Waals surface area contributed by atoms with Gasteiger partial charge in [-0.15, -0.1) is 0 Å². The third-order valence-electron chi connectivity index (χ3n) is 7.17. The Balaban J connectivity index is 1.36. The number of carbonyl (C=O) groups excluding carboxylic acids is 1. The molecule has 3 aliphatic rings. The summed E-state index contributed by atoms with van der Waals surface area (Å²) in [4.78, 5) is 14.4. The van der Waals surface area contributed by atoms with E-state index in [1.807, 2.05) is 4.90 Å². The van der Waals surface area contributed by atoms with Crippen molar-refractivity contribution in [3.05, 3.63) is 29.3 Å². The van der Waals surface area contributed by atoms with Crippen LogP contribution in [0.2, 0.25) is 0 Å². The van der Waals surface area contributed by atoms with Gasteiger partial charge in [0, 0.05) is 24.4 Å². The number of carbonyl (C=O) groups is 1. The van der Waals surface area contributed by atoms with Gasteiger partial charge >= 0.3 is 6.18 Å². The molecule has 0 bridgehead atoms. The Morgan fingerprint density at radius 3 is 2.37 bits per heavy atom. The molecule has 0 atom stereocenters. The molecule has 1 saturated heterocycles. The molecule has 1 aliphatic heterocycles. The first-order valence-corrected chi connectivity index (χ1v) is 10.9. The lowest BCUT2D eigenvalue weighted by atomic mass is 9.63. The smallest absolute Gasteiger partial charge is 0.416 e. The minimum absolute atomic E-state index is 0.0595. The molecule has 1 spiro atoms. The molecule has 4 rings (SSSR count). The second-order valence-corrected chi connectivity index (χ2v) is 9.79. The van der Waals surface area contributed by atoms with Crippen LogP contribution in [0.1, 0.15) is 69.4 Å². The number of benzene rings is 1. The normalized spacial score (nSPS) is 28.7. The van der Waals surface area contributed by atoms with Gasteiger partial charge in [0.25, 0.3) is 0 Å². The quantitative estimate of drug-likeness (QED) is 0.757. The van der Waals surface area contributed by atoms with Crippen LogP contribution in [-0.2, 0) is 11.0 Å². The zero-order valence-corrected chi connectivity index (χ0v) is 17.6. The Bertz CT molecular complexity index is 796. The Labute approximate surface area is 175 Å². The van der Waals surface area contributed by atoms with E-state index in [2.05, 4.69) is 0 Å². The summed E-state index contributed by atoms with van der Waals surface area (Å²) in [6.07, 6.45) is 0.178. The number of aliphatic hydroxyl groups is 1. The molecule has 0 aromatic heterocycles. The van der Waals surface area contributed by atoms with Gasteiger partial charge in [-0.2, -0.15) is 13.2 Å². The summed E-state index contributed by atoms with van der Waals surface area (Å²) in [5, 5.41) is 9.86. The van der Waals surface area contributed by atoms with Crippen molar-refractivity contribution in [3.63, 3.8) is 0 Å². The number of halogens is 3. The van der Waals surface area contributed by atoms with Crippen LogP contribution in [0, 0.1) is 11.3 Å². The zero-order valence-electron chi connectivity index (χ0n) is 17.6. The number of hydrogen-bond donors (Lipinski definition) is 1. The van der Waals surface area contributed by atoms with Crippen LogP contribution in [0.4, 0.5) is 13.2 Å². The maximum absolute atomic E-state index is 13.3. The summed E-state index contributed by atoms with van der Waals surface area (Å²) in [6.45, 7) is 5.34. The highest BCUT2D eigenvalue weighted by atomic mass is 19.4. The minimum atomic E-state index is -4.39. The molecule has 4 nitrogen and oxygen atoms in total. The highest BCUT2D eigenvalue weighted by Gasteiger charge is 2.51. The van der Waals surface area contributed by atoms with E-state index in [9.17, 15) is 23.1 Å². The molecule has 1 aromatic carbocycles. The van der Waals surface area contributed by atoms with Crippen LogP contribution < -0.4 is 4.74 Å². The molecule has 2 aliphatic carbocycles. The average Bonchev–Trinajstić information content (AvgIpc) is 2.63. The minimum Gasteiger partial charge on any atom is -0.494 e. The lowest BCUT2D eigenvalue weighted by Crippen LogP contribution is -2.62. The van der Waals surface area contributed by atoms with Crippen molar-refractivity contribution in [3.8, 4) is 5.75 Å². The average molecular weight is 425 g/mol. The van der Waals surface area contributed by atoms with Gasteiger partial charge in [-0.1, -0.05) is 0 Å². The zero-order chi connectivity index (χ0) is 21.7. The van der Waals surface area contributed by atoms with Crippen molar-refractivity contribution >= 4 is 5.91 Å². The highest BCUT2D eigenvalue weighted by molar-refractivity contribution is 5.81. The van der Waals surface area contributed by atoms with Crippen molar-refractivity contribution in [1.29, 1.82) is 0 Å². The summed E-state index contributed by atoms with van der Waals surface area (Å²) >= 11 is 0. The van der Waals surface area contributed by atoms with Gasteiger partial charge < -0.3 is 14.7 Å². The number of nitrogens with zero attached hydrogens (tertiary/aromatic N) is 1. The largest absolute Gasteiger partial charge is 0.494 e. The molecule has 1 N–H and O–H groups in total. The first-order chi connectivity index (χ1) is 14.0. The van der Waals surface area contributed by atoms with E-state index in [0.717, 1.165) is 44.8 Å². The predicted octanol–water partition coefficient (Wildman–Crippen LogP) is 4.75. The predicted molar refractivity (Wildman–Crippen MR) is 106 cm³/mol. The molecular weight excluding hydrogens is 395 g/mol. The molecule has 2 saturated carbocycles. The first kappa shape index (κ1) is 21.5. The van der Waals surface area contributed by atoms with Crippen LogP contribution in [-0.4, -0.2) is 41.2 Å². The molecule has 30 heavy (non-hydrogen) atoms. The van der Waals surface area contributed by atoms with E-state index >= 15 is 0 Å². The fraction of sp³-hybridized carbons (Fsp3) is 0.696. The standard InChI is InChI=1S/C23H30F3NO3/c1-3-30-19-9-16(8-18(10-19)23(24,25)26)15-4-6-22(7-5-15)13-27(14-22)20(28)17-11-21(2,29)12-17/h8-10,15,17,29H,3-7,11-14H2,1-2H3. The van der Waals surface area contributed by atoms with E-state index in [4.69, 9.17) is 4.74 Å². The summed E-state index contributed by atoms with van der Waals surface area (Å²) in [6, 6.07) is 4.09. The maximum atomic E-state index is 13.3. The van der Waals surface area contributed by atoms with Gasteiger partial charge in [0.15, 0.2) is 0 Å². The van der Waals surface area contributed by atoms with Gasteiger partial charge in [0.1, 0.15) is 5.75 Å². The molecule has 1 heterocycles. The summed E-state index contributed by atoms with van der Waals surface area (Å²) in [5.74, 6) is 0.451. The monoisotopic (exact) mass is 425 g/mol. The molecule has 0 radical (unpaired) electrons. The number of amides is 1. The summed E-state index contributed by atoms with van der Waals surface area (Å²) in [5.41, 5.74) is -0.540. The topological polar surface area (TPSA) is 49.8 Å². The van der Waals surface area contributed by atoms with Crippen molar-refractivity contribution in [2.45, 2.75) is 70.1 Å². The van der Waals surface area contributed by atoms with Gasteiger partial charge in [0.2, 0.25) is 5.91 Å². The molecule has 7 heteroatoms. The second-order valence-electron chi connectivity index (χ2n) is 9.79. The number of hydrogen-bond acceptors (Lipinski definition) is 3. The van der Waals surface area contributed by atoms with Crippen LogP contribution in [0.15, 0.2) is 18.2 Å². The van der Waals surface area contributed by atoms with Gasteiger partial charge in [0.05, 0.1) is 17.8 Å². The molecule has 0 unspecified atom stereocenters. The summed E-state index contributed by atoms with van der Waals surface area (Å²) < 4.78 is 45.3. The third kappa shape index (κ3) is 4.18. The van der Waals surface area contributed by atoms with Crippen molar-refractivity contribution in [2.24, 2.45) is 11.3 Å². The van der Waals surface area contributed by atoms with Crippen LogP contribution >= 0.6 is 0 Å². The lowest BCUT2D eigenvalue weighted by molar-refractivity contribution is -0.163. The van der Waals surface area contributed by atoms with Gasteiger partial charge in [-0.3, -0.25) is 4.79 Å². The van der Waals surface area contributed by atoms with Crippen LogP contribution in [0.3, 0.4) is 0 Å². The Hall–Kier alpha value is -1.76. The Morgan fingerprint density at radius 1 is 1.20 bits per heavy atom. The number of likely N-dealkylation sites (tertiary alicyclic amines) is 1. The van der Waals surface area contributed by atoms with Crippen LogP contribution in [0.25, 0.3) is 0 Å². The highest BCUT2D eigenvalue weighted by Crippen LogP contribution is 2.50. The fourth-order valence-corrected chi connectivity index (χ4v) is 5.51. The SMILES string of the molecule is CCOc1cc(C2CCC3(CC2)CN(C(=O)C2CC(C)(O)C2)C3)cc(C(F)(F)F)c1. The van der Waals surface area contributed by atoms with E-state index < -0.39 is 17.3 Å². The number of ether oxygens (including phenoxy) is 1. The fourth-order valence-electron chi connectivity index (χ4n) is 5.51. The molecule has 1 amide bonds. The first-order valence-electron chi connectivity index (χ1n) is 10.9. The van der Waals surface area contributed by atoms with Gasteiger partial charge in [-0.25, -0.2) is 0 Å². The second kappa shape index (κ2) is 7.43. The number of alkyl halides is 3. The lowest BCUT2D eigenvalue weighted by Gasteiger charge is -2.55. The van der Waals surface area contributed by atoms with E-state index in [-0.39, 0.29) is 28.9 Å². The molecule has 3 fully saturated rings. The molecular formula is C23H30F3NO3. The molecule has 1 aromatic rings. The molecule has 166 valence electrons. The van der Waals surface area contributed by atoms with Crippen molar-refractivity contribution < 1.29 is 27.8 Å². The third-order valence-corrected chi connectivity index (χ3v) is 7.17. The van der Waals surface area contributed by atoms with Gasteiger partial charge in [-0.05, 0) is 82.1 Å². The van der Waals surface area contributed by atoms with Crippen molar-refractivity contribution in [2.75, 3.05) is 19.7 Å². The maximum Gasteiger partial charge on any atom is 0.416 e.